The molecule has 2 aromatic heterocycles. The Morgan fingerprint density at radius 1 is 0.949 bits per heavy atom. The number of hydrogen-bond acceptors (Lipinski definition) is 3. The molecular formula is C32H28FN5O. The largest absolute Gasteiger partial charge is 0.382 e. The third kappa shape index (κ3) is 4.02. The fourth-order valence-electron chi connectivity index (χ4n) is 6.08. The number of carbonyl (C=O) groups excluding carboxylic acids is 1. The normalized spacial score (nSPS) is 14.4. The molecule has 1 aliphatic rings. The lowest BCUT2D eigenvalue weighted by Crippen LogP contribution is -2.24. The lowest BCUT2D eigenvalue weighted by Gasteiger charge is -2.25. The third-order valence-electron chi connectivity index (χ3n) is 7.89. The van der Waals surface area contributed by atoms with Crippen molar-refractivity contribution in [2.45, 2.75) is 38.1 Å². The van der Waals surface area contributed by atoms with Gasteiger partial charge in [0.1, 0.15) is 11.6 Å². The molecule has 1 aliphatic carbocycles. The van der Waals surface area contributed by atoms with Crippen molar-refractivity contribution < 1.29 is 9.18 Å². The van der Waals surface area contributed by atoms with Crippen LogP contribution < -0.4 is 11.1 Å². The van der Waals surface area contributed by atoms with Gasteiger partial charge in [0.15, 0.2) is 0 Å². The fourth-order valence-corrected chi connectivity index (χ4v) is 6.08. The van der Waals surface area contributed by atoms with Crippen LogP contribution in [0.25, 0.3) is 49.9 Å². The molecule has 7 heteroatoms. The highest BCUT2D eigenvalue weighted by Gasteiger charge is 2.20. The Hall–Kier alpha value is -4.65. The minimum atomic E-state index is -0.439. The van der Waals surface area contributed by atoms with Crippen LogP contribution in [0.1, 0.15) is 42.5 Å². The Labute approximate surface area is 224 Å². The van der Waals surface area contributed by atoms with Crippen molar-refractivity contribution >= 4 is 44.4 Å². The number of carbonyl (C=O) groups is 1. The molecule has 0 radical (unpaired) electrons. The first-order valence-electron chi connectivity index (χ1n) is 13.5. The summed E-state index contributed by atoms with van der Waals surface area (Å²) in [5, 5.41) is 5.75. The Morgan fingerprint density at radius 2 is 1.77 bits per heavy atom. The first-order valence-corrected chi connectivity index (χ1v) is 13.5. The molecule has 39 heavy (non-hydrogen) atoms. The van der Waals surface area contributed by atoms with Gasteiger partial charge in [-0.15, -0.1) is 0 Å². The maximum absolute atomic E-state index is 13.9. The van der Waals surface area contributed by atoms with E-state index in [-0.39, 0.29) is 5.82 Å². The molecule has 0 spiro atoms. The number of anilines is 1. The summed E-state index contributed by atoms with van der Waals surface area (Å²) in [6.07, 6.45) is 5.80. The van der Waals surface area contributed by atoms with E-state index in [9.17, 15) is 9.18 Å². The molecule has 2 heterocycles. The maximum atomic E-state index is 13.9. The molecule has 6 aromatic rings. The molecule has 1 fully saturated rings. The van der Waals surface area contributed by atoms with E-state index in [0.717, 1.165) is 51.6 Å². The number of aromatic amines is 1. The summed E-state index contributed by atoms with van der Waals surface area (Å²) >= 11 is 0. The van der Waals surface area contributed by atoms with Gasteiger partial charge in [-0.3, -0.25) is 4.79 Å². The van der Waals surface area contributed by atoms with Gasteiger partial charge in [0.05, 0.1) is 27.6 Å². The minimum Gasteiger partial charge on any atom is -0.382 e. The van der Waals surface area contributed by atoms with Gasteiger partial charge in [-0.25, -0.2) is 9.37 Å². The predicted molar refractivity (Wildman–Crippen MR) is 155 cm³/mol. The number of nitrogens with one attached hydrogen (secondary N) is 2. The number of nitrogens with zero attached hydrogens (tertiary/aromatic N) is 2. The lowest BCUT2D eigenvalue weighted by molar-refractivity contribution is 0.100. The molecule has 0 saturated heterocycles. The van der Waals surface area contributed by atoms with Crippen LogP contribution in [0.4, 0.5) is 10.1 Å². The SMILES string of the molecule is NC(=O)c1ccc(-n2c3ccccc3c3c(-c4nc5ccc(F)cc5[nH]4)cccc32)cc1NC1CCCCC1. The molecule has 4 aromatic carbocycles. The van der Waals surface area contributed by atoms with Gasteiger partial charge in [-0.1, -0.05) is 49.6 Å². The maximum Gasteiger partial charge on any atom is 0.250 e. The zero-order valence-corrected chi connectivity index (χ0v) is 21.4. The zero-order valence-electron chi connectivity index (χ0n) is 21.4. The van der Waals surface area contributed by atoms with Crippen LogP contribution in [-0.2, 0) is 0 Å². The highest BCUT2D eigenvalue weighted by molar-refractivity contribution is 6.15. The zero-order chi connectivity index (χ0) is 26.5. The van der Waals surface area contributed by atoms with Crippen LogP contribution in [0.5, 0.6) is 0 Å². The lowest BCUT2D eigenvalue weighted by atomic mass is 9.95. The van der Waals surface area contributed by atoms with Gasteiger partial charge < -0.3 is 20.6 Å². The highest BCUT2D eigenvalue weighted by Crippen LogP contribution is 2.39. The third-order valence-corrected chi connectivity index (χ3v) is 7.89. The van der Waals surface area contributed by atoms with Gasteiger partial charge in [0.25, 0.3) is 5.91 Å². The highest BCUT2D eigenvalue weighted by atomic mass is 19.1. The summed E-state index contributed by atoms with van der Waals surface area (Å²) in [5.74, 6) is -0.0527. The van der Waals surface area contributed by atoms with E-state index in [2.05, 4.69) is 33.1 Å². The van der Waals surface area contributed by atoms with Gasteiger partial charge in [0, 0.05) is 33.8 Å². The summed E-state index contributed by atoms with van der Waals surface area (Å²) in [7, 11) is 0. The first-order chi connectivity index (χ1) is 19.1. The van der Waals surface area contributed by atoms with Gasteiger partial charge >= 0.3 is 0 Å². The van der Waals surface area contributed by atoms with Crippen LogP contribution in [0.3, 0.4) is 0 Å². The molecule has 7 rings (SSSR count). The molecule has 1 amide bonds. The Morgan fingerprint density at radius 3 is 2.62 bits per heavy atom. The standard InChI is InChI=1S/C32H28FN5O/c33-19-13-16-25-27(17-19)37-32(36-25)24-10-6-12-29-30(24)23-9-4-5-11-28(23)38(29)21-14-15-22(31(34)39)26(18-21)35-20-7-2-1-3-8-20/h4-6,9-18,20,35H,1-3,7-8H2,(H2,34,39)(H,36,37). The monoisotopic (exact) mass is 517 g/mol. The second-order valence-corrected chi connectivity index (χ2v) is 10.4. The van der Waals surface area contributed by atoms with E-state index >= 15 is 0 Å². The molecule has 0 unspecified atom stereocenters. The van der Waals surface area contributed by atoms with Crippen molar-refractivity contribution in [3.8, 4) is 17.1 Å². The topological polar surface area (TPSA) is 88.7 Å². The number of aromatic nitrogens is 3. The van der Waals surface area contributed by atoms with Crippen molar-refractivity contribution in [3.63, 3.8) is 0 Å². The van der Waals surface area contributed by atoms with Crippen molar-refractivity contribution in [3.05, 3.63) is 90.2 Å². The van der Waals surface area contributed by atoms with Crippen LogP contribution in [-0.4, -0.2) is 26.5 Å². The Balaban J connectivity index is 1.43. The molecule has 194 valence electrons. The summed E-state index contributed by atoms with van der Waals surface area (Å²) < 4.78 is 16.1. The molecule has 4 N–H and O–H groups in total. The van der Waals surface area contributed by atoms with Gasteiger partial charge in [0.2, 0.25) is 0 Å². The van der Waals surface area contributed by atoms with E-state index in [1.165, 1.54) is 31.4 Å². The van der Waals surface area contributed by atoms with E-state index < -0.39 is 5.91 Å². The van der Waals surface area contributed by atoms with Crippen LogP contribution in [0.2, 0.25) is 0 Å². The number of para-hydroxylation sites is 1. The number of H-pyrrole nitrogens is 1. The molecule has 0 atom stereocenters. The minimum absolute atomic E-state index is 0.301. The first kappa shape index (κ1) is 23.5. The van der Waals surface area contributed by atoms with Gasteiger partial charge in [-0.05, 0) is 61.4 Å². The Bertz CT molecular complexity index is 1880. The van der Waals surface area contributed by atoms with Gasteiger partial charge in [-0.2, -0.15) is 0 Å². The summed E-state index contributed by atoms with van der Waals surface area (Å²) in [6.45, 7) is 0. The Kier molecular flexibility index (Phi) is 5.58. The molecule has 6 nitrogen and oxygen atoms in total. The molecular weight excluding hydrogens is 489 g/mol. The number of imidazole rings is 1. The van der Waals surface area contributed by atoms with Crippen molar-refractivity contribution in [1.82, 2.24) is 14.5 Å². The number of hydrogen-bond donors (Lipinski definition) is 3. The average Bonchev–Trinajstić information content (AvgIpc) is 3.52. The quantitative estimate of drug-likeness (QED) is 0.224. The van der Waals surface area contributed by atoms with Crippen molar-refractivity contribution in [1.29, 1.82) is 0 Å². The number of rotatable bonds is 5. The fraction of sp³-hybridized carbons (Fsp3) is 0.188. The average molecular weight is 518 g/mol. The van der Waals surface area contributed by atoms with Crippen LogP contribution >= 0.6 is 0 Å². The number of halogens is 1. The van der Waals surface area contributed by atoms with E-state index in [0.29, 0.717) is 28.5 Å². The number of amides is 1. The van der Waals surface area contributed by atoms with E-state index in [1.807, 2.05) is 42.5 Å². The molecule has 1 saturated carbocycles. The smallest absolute Gasteiger partial charge is 0.250 e. The number of nitrogens with two attached hydrogens (primary N) is 1. The number of primary amides is 1. The van der Waals surface area contributed by atoms with Crippen molar-refractivity contribution in [2.75, 3.05) is 5.32 Å². The van der Waals surface area contributed by atoms with Crippen LogP contribution in [0, 0.1) is 5.82 Å². The summed E-state index contributed by atoms with van der Waals surface area (Å²) in [4.78, 5) is 20.4. The number of benzene rings is 4. The molecule has 0 aliphatic heterocycles. The second kappa shape index (κ2) is 9.27. The predicted octanol–water partition coefficient (Wildman–Crippen LogP) is 7.31. The second-order valence-electron chi connectivity index (χ2n) is 10.4. The summed E-state index contributed by atoms with van der Waals surface area (Å²) in [6, 6.07) is 25.1. The molecule has 0 bridgehead atoms. The summed E-state index contributed by atoms with van der Waals surface area (Å²) in [5.41, 5.74) is 12.3. The van der Waals surface area contributed by atoms with E-state index in [4.69, 9.17) is 10.7 Å². The van der Waals surface area contributed by atoms with E-state index in [1.54, 1.807) is 6.07 Å². The van der Waals surface area contributed by atoms with Crippen LogP contribution in [0.15, 0.2) is 78.9 Å². The number of fused-ring (bicyclic) bond motifs is 4. The van der Waals surface area contributed by atoms with Crippen molar-refractivity contribution in [2.24, 2.45) is 5.73 Å².